The lowest BCUT2D eigenvalue weighted by Crippen LogP contribution is -2.32. The number of halogens is 1. The number of piperidine rings is 1. The van der Waals surface area contributed by atoms with Crippen molar-refractivity contribution in [2.24, 2.45) is 0 Å². The van der Waals surface area contributed by atoms with Crippen molar-refractivity contribution in [3.63, 3.8) is 0 Å². The quantitative estimate of drug-likeness (QED) is 0.404. The molecule has 5 rings (SSSR count). The van der Waals surface area contributed by atoms with Crippen LogP contribution in [0, 0.1) is 0 Å². The van der Waals surface area contributed by atoms with E-state index in [9.17, 15) is 0 Å². The lowest BCUT2D eigenvalue weighted by atomic mass is 9.96. The van der Waals surface area contributed by atoms with Crippen molar-refractivity contribution in [1.82, 2.24) is 19.9 Å². The number of nitrogens with zero attached hydrogens (tertiary/aromatic N) is 5. The number of fused-ring (bicyclic) bond motifs is 1. The minimum absolute atomic E-state index is 0.441. The summed E-state index contributed by atoms with van der Waals surface area (Å²) < 4.78 is 0. The first-order chi connectivity index (χ1) is 16.2. The molecule has 1 aliphatic heterocycles. The van der Waals surface area contributed by atoms with Crippen molar-refractivity contribution in [1.29, 1.82) is 0 Å². The summed E-state index contributed by atoms with van der Waals surface area (Å²) in [5.41, 5.74) is 1.84. The van der Waals surface area contributed by atoms with Crippen LogP contribution in [0.4, 0.5) is 23.5 Å². The van der Waals surface area contributed by atoms with Gasteiger partial charge in [-0.05, 0) is 56.4 Å². The molecular weight excluding hydrogens is 436 g/mol. The number of hydrogen-bond acceptors (Lipinski definition) is 8. The van der Waals surface area contributed by atoms with Crippen LogP contribution in [0.25, 0.3) is 10.9 Å². The van der Waals surface area contributed by atoms with E-state index in [0.717, 1.165) is 35.6 Å². The Hall–Kier alpha value is -2.87. The Balaban J connectivity index is 1.31. The second kappa shape index (κ2) is 10.4. The zero-order valence-corrected chi connectivity index (χ0v) is 19.6. The highest BCUT2D eigenvalue weighted by molar-refractivity contribution is 6.31. The molecule has 0 unspecified atom stereocenters. The van der Waals surface area contributed by atoms with Crippen LogP contribution < -0.4 is 20.9 Å². The normalized spacial score (nSPS) is 17.2. The molecular formula is C24H31ClN8. The molecule has 0 amide bonds. The van der Waals surface area contributed by atoms with E-state index in [1.165, 1.54) is 51.4 Å². The molecule has 174 valence electrons. The third kappa shape index (κ3) is 5.55. The molecule has 0 bridgehead atoms. The molecule has 1 saturated carbocycles. The van der Waals surface area contributed by atoms with Crippen LogP contribution >= 0.6 is 11.6 Å². The summed E-state index contributed by atoms with van der Waals surface area (Å²) in [5.74, 6) is 2.01. The first kappa shape index (κ1) is 21.9. The number of aromatic nitrogens is 4. The first-order valence-electron chi connectivity index (χ1n) is 12.0. The molecule has 0 atom stereocenters. The van der Waals surface area contributed by atoms with Gasteiger partial charge in [0.1, 0.15) is 0 Å². The molecule has 2 fully saturated rings. The Bertz CT molecular complexity index is 1080. The summed E-state index contributed by atoms with van der Waals surface area (Å²) >= 11 is 6.11. The lowest BCUT2D eigenvalue weighted by molar-refractivity contribution is 0.460. The number of hydrogen-bond donors (Lipinski definition) is 3. The molecule has 3 N–H and O–H groups in total. The number of rotatable bonds is 7. The van der Waals surface area contributed by atoms with E-state index in [-0.39, 0.29) is 0 Å². The highest BCUT2D eigenvalue weighted by Gasteiger charge is 2.19. The minimum Gasteiger partial charge on any atom is -0.367 e. The highest BCUT2D eigenvalue weighted by atomic mass is 35.5. The Morgan fingerprint density at radius 3 is 2.52 bits per heavy atom. The standard InChI is InChI=1S/C24H31ClN8/c25-17-9-10-19-20(11-12-26-21(19)15-17)27-16-28-22-30-23(29-18-7-3-1-4-8-18)32-24(31-22)33-13-5-2-6-14-33/h9-12,15,18H,1-8,13-14,16H2,(H,26,27)(H2,28,29,30,31,32). The van der Waals surface area contributed by atoms with E-state index in [1.807, 2.05) is 24.3 Å². The van der Waals surface area contributed by atoms with Crippen LogP contribution in [0.5, 0.6) is 0 Å². The molecule has 0 radical (unpaired) electrons. The number of nitrogens with one attached hydrogen (secondary N) is 3. The summed E-state index contributed by atoms with van der Waals surface area (Å²) in [4.78, 5) is 20.9. The Kier molecular flexibility index (Phi) is 6.90. The maximum atomic E-state index is 6.11. The van der Waals surface area contributed by atoms with Crippen molar-refractivity contribution in [3.05, 3.63) is 35.5 Å². The fourth-order valence-corrected chi connectivity index (χ4v) is 4.83. The number of benzene rings is 1. The van der Waals surface area contributed by atoms with E-state index in [2.05, 4.69) is 30.8 Å². The van der Waals surface area contributed by atoms with Crippen LogP contribution in [0.2, 0.25) is 5.02 Å². The monoisotopic (exact) mass is 466 g/mol. The number of pyridine rings is 1. The van der Waals surface area contributed by atoms with Crippen molar-refractivity contribution in [3.8, 4) is 0 Å². The third-order valence-electron chi connectivity index (χ3n) is 6.43. The van der Waals surface area contributed by atoms with Gasteiger partial charge in [-0.2, -0.15) is 15.0 Å². The van der Waals surface area contributed by atoms with E-state index < -0.39 is 0 Å². The molecule has 1 aliphatic carbocycles. The third-order valence-corrected chi connectivity index (χ3v) is 6.67. The topological polar surface area (TPSA) is 90.9 Å². The Morgan fingerprint density at radius 1 is 0.879 bits per heavy atom. The summed E-state index contributed by atoms with van der Waals surface area (Å²) in [5, 5.41) is 12.0. The van der Waals surface area contributed by atoms with Crippen LogP contribution in [-0.2, 0) is 0 Å². The molecule has 3 aromatic rings. The van der Waals surface area contributed by atoms with Gasteiger partial charge in [0.15, 0.2) is 0 Å². The largest absolute Gasteiger partial charge is 0.367 e. The van der Waals surface area contributed by atoms with Gasteiger partial charge in [-0.15, -0.1) is 0 Å². The average Bonchev–Trinajstić information content (AvgIpc) is 2.85. The zero-order valence-electron chi connectivity index (χ0n) is 18.9. The van der Waals surface area contributed by atoms with Crippen LogP contribution in [-0.4, -0.2) is 45.7 Å². The Labute approximate surface area is 199 Å². The second-order valence-electron chi connectivity index (χ2n) is 8.86. The van der Waals surface area contributed by atoms with Crippen LogP contribution in [0.1, 0.15) is 51.4 Å². The lowest BCUT2D eigenvalue weighted by Gasteiger charge is -2.28. The SMILES string of the molecule is Clc1ccc2c(NCNc3nc(NC4CCCCC4)nc(N4CCCCC4)n3)ccnc2c1. The van der Waals surface area contributed by atoms with E-state index in [4.69, 9.17) is 21.6 Å². The minimum atomic E-state index is 0.441. The molecule has 8 nitrogen and oxygen atoms in total. The van der Waals surface area contributed by atoms with E-state index in [0.29, 0.717) is 29.6 Å². The molecule has 33 heavy (non-hydrogen) atoms. The predicted octanol–water partition coefficient (Wildman–Crippen LogP) is 5.29. The number of anilines is 4. The zero-order chi connectivity index (χ0) is 22.5. The summed E-state index contributed by atoms with van der Waals surface area (Å²) in [6, 6.07) is 8.13. The van der Waals surface area contributed by atoms with Crippen molar-refractivity contribution in [2.75, 3.05) is 40.6 Å². The molecule has 1 saturated heterocycles. The predicted molar refractivity (Wildman–Crippen MR) is 135 cm³/mol. The van der Waals surface area contributed by atoms with Gasteiger partial charge >= 0.3 is 0 Å². The van der Waals surface area contributed by atoms with Crippen LogP contribution in [0.15, 0.2) is 30.5 Å². The first-order valence-corrected chi connectivity index (χ1v) is 12.4. The summed E-state index contributed by atoms with van der Waals surface area (Å²) in [6.07, 6.45) is 11.6. The molecule has 9 heteroatoms. The van der Waals surface area contributed by atoms with Gasteiger partial charge in [-0.1, -0.05) is 30.9 Å². The average molecular weight is 467 g/mol. The fraction of sp³-hybridized carbons (Fsp3) is 0.500. The summed E-state index contributed by atoms with van der Waals surface area (Å²) in [7, 11) is 0. The van der Waals surface area contributed by atoms with Crippen molar-refractivity contribution >= 4 is 46.0 Å². The van der Waals surface area contributed by atoms with Gasteiger partial charge in [0.25, 0.3) is 0 Å². The molecule has 3 heterocycles. The van der Waals surface area contributed by atoms with Gasteiger partial charge < -0.3 is 20.9 Å². The molecule has 1 aromatic carbocycles. The maximum absolute atomic E-state index is 6.11. The maximum Gasteiger partial charge on any atom is 0.231 e. The van der Waals surface area contributed by atoms with E-state index in [1.54, 1.807) is 6.20 Å². The second-order valence-corrected chi connectivity index (χ2v) is 9.30. The van der Waals surface area contributed by atoms with Crippen LogP contribution in [0.3, 0.4) is 0 Å². The Morgan fingerprint density at radius 2 is 1.67 bits per heavy atom. The smallest absolute Gasteiger partial charge is 0.231 e. The van der Waals surface area contributed by atoms with Gasteiger partial charge in [0.2, 0.25) is 17.8 Å². The van der Waals surface area contributed by atoms with Crippen molar-refractivity contribution < 1.29 is 0 Å². The van der Waals surface area contributed by atoms with Gasteiger partial charge in [-0.25, -0.2) is 0 Å². The van der Waals surface area contributed by atoms with Crippen molar-refractivity contribution in [2.45, 2.75) is 57.4 Å². The van der Waals surface area contributed by atoms with Gasteiger partial charge in [0, 0.05) is 41.4 Å². The fourth-order valence-electron chi connectivity index (χ4n) is 4.67. The van der Waals surface area contributed by atoms with Gasteiger partial charge in [0.05, 0.1) is 12.2 Å². The molecule has 2 aliphatic rings. The molecule has 0 spiro atoms. The highest BCUT2D eigenvalue weighted by Crippen LogP contribution is 2.25. The van der Waals surface area contributed by atoms with Gasteiger partial charge in [-0.3, -0.25) is 4.98 Å². The summed E-state index contributed by atoms with van der Waals surface area (Å²) in [6.45, 7) is 2.47. The molecule has 2 aromatic heterocycles. The van der Waals surface area contributed by atoms with E-state index >= 15 is 0 Å².